The molecule has 0 fully saturated rings. The van der Waals surface area contributed by atoms with Crippen LogP contribution in [0.3, 0.4) is 0 Å². The Bertz CT molecular complexity index is 1380. The predicted molar refractivity (Wildman–Crippen MR) is 122 cm³/mol. The molecule has 162 valence electrons. The number of hydrogen-bond donors (Lipinski definition) is 0. The summed E-state index contributed by atoms with van der Waals surface area (Å²) < 4.78 is 11.3. The van der Waals surface area contributed by atoms with Gasteiger partial charge in [0.2, 0.25) is 0 Å². The number of nitriles is 1. The predicted octanol–water partition coefficient (Wildman–Crippen LogP) is 4.65. The normalized spacial score (nSPS) is 10.3. The standard InChI is InChI=1S/C26H19N3O4/c1-32-25(30)22-23(28-29(24(22)26(31)33-2)21-12-4-3-5-13-21)20-11-7-10-19(15-20)18-9-6-8-17(14-18)16-27/h3-15H,1-2H3. The van der Waals surface area contributed by atoms with Crippen molar-refractivity contribution in [3.63, 3.8) is 0 Å². The van der Waals surface area contributed by atoms with E-state index in [0.29, 0.717) is 16.8 Å². The molecule has 0 saturated heterocycles. The number of hydrogen-bond acceptors (Lipinski definition) is 6. The summed E-state index contributed by atoms with van der Waals surface area (Å²) in [5, 5.41) is 13.8. The van der Waals surface area contributed by atoms with Crippen molar-refractivity contribution in [3.05, 3.63) is 95.7 Å². The highest BCUT2D eigenvalue weighted by Gasteiger charge is 2.31. The van der Waals surface area contributed by atoms with Crippen LogP contribution in [0.25, 0.3) is 28.1 Å². The van der Waals surface area contributed by atoms with Gasteiger partial charge in [-0.3, -0.25) is 0 Å². The van der Waals surface area contributed by atoms with Crippen molar-refractivity contribution < 1.29 is 19.1 Å². The molecule has 4 aromatic rings. The van der Waals surface area contributed by atoms with E-state index in [0.717, 1.165) is 11.1 Å². The lowest BCUT2D eigenvalue weighted by atomic mass is 9.98. The Kier molecular flexibility index (Phi) is 6.00. The highest BCUT2D eigenvalue weighted by Crippen LogP contribution is 2.32. The summed E-state index contributed by atoms with van der Waals surface area (Å²) in [4.78, 5) is 25.5. The molecule has 0 atom stereocenters. The van der Waals surface area contributed by atoms with Crippen molar-refractivity contribution in [2.75, 3.05) is 14.2 Å². The van der Waals surface area contributed by atoms with E-state index in [4.69, 9.17) is 9.47 Å². The number of esters is 2. The summed E-state index contributed by atoms with van der Waals surface area (Å²) in [7, 11) is 2.49. The number of aromatic nitrogens is 2. The van der Waals surface area contributed by atoms with Crippen LogP contribution in [0.2, 0.25) is 0 Å². The largest absolute Gasteiger partial charge is 0.465 e. The topological polar surface area (TPSA) is 94.2 Å². The zero-order chi connectivity index (χ0) is 23.4. The third-order valence-electron chi connectivity index (χ3n) is 5.12. The van der Waals surface area contributed by atoms with Gasteiger partial charge in [-0.05, 0) is 41.5 Å². The maximum Gasteiger partial charge on any atom is 0.357 e. The van der Waals surface area contributed by atoms with Gasteiger partial charge in [0.05, 0.1) is 31.5 Å². The molecule has 0 radical (unpaired) electrons. The van der Waals surface area contributed by atoms with Gasteiger partial charge in [-0.1, -0.05) is 48.5 Å². The summed E-state index contributed by atoms with van der Waals surface area (Å²) >= 11 is 0. The zero-order valence-corrected chi connectivity index (χ0v) is 18.0. The second-order valence-corrected chi connectivity index (χ2v) is 7.08. The average molecular weight is 437 g/mol. The fourth-order valence-electron chi connectivity index (χ4n) is 3.57. The lowest BCUT2D eigenvalue weighted by Gasteiger charge is -2.07. The second-order valence-electron chi connectivity index (χ2n) is 7.08. The maximum absolute atomic E-state index is 12.8. The summed E-state index contributed by atoms with van der Waals surface area (Å²) in [5.41, 5.74) is 3.67. The molecule has 0 saturated carbocycles. The van der Waals surface area contributed by atoms with Crippen molar-refractivity contribution >= 4 is 11.9 Å². The van der Waals surface area contributed by atoms with Crippen molar-refractivity contribution in [1.29, 1.82) is 5.26 Å². The van der Waals surface area contributed by atoms with E-state index < -0.39 is 11.9 Å². The van der Waals surface area contributed by atoms with Crippen LogP contribution in [-0.4, -0.2) is 35.9 Å². The van der Waals surface area contributed by atoms with Gasteiger partial charge in [0.25, 0.3) is 0 Å². The average Bonchev–Trinajstić information content (AvgIpc) is 3.29. The Morgan fingerprint density at radius 3 is 2.12 bits per heavy atom. The molecule has 7 nitrogen and oxygen atoms in total. The highest BCUT2D eigenvalue weighted by atomic mass is 16.5. The molecule has 0 N–H and O–H groups in total. The van der Waals surface area contributed by atoms with Crippen LogP contribution in [0, 0.1) is 11.3 Å². The molecule has 0 aliphatic heterocycles. The lowest BCUT2D eigenvalue weighted by Crippen LogP contribution is -2.15. The van der Waals surface area contributed by atoms with Crippen molar-refractivity contribution in [1.82, 2.24) is 9.78 Å². The first-order chi connectivity index (χ1) is 16.1. The maximum atomic E-state index is 12.8. The number of para-hydroxylation sites is 1. The Hall–Kier alpha value is -4.70. The number of carbonyl (C=O) groups excluding carboxylic acids is 2. The van der Waals surface area contributed by atoms with Crippen molar-refractivity contribution in [3.8, 4) is 34.1 Å². The monoisotopic (exact) mass is 437 g/mol. The molecule has 1 aromatic heterocycles. The van der Waals surface area contributed by atoms with Crippen molar-refractivity contribution in [2.24, 2.45) is 0 Å². The Morgan fingerprint density at radius 2 is 1.45 bits per heavy atom. The molecule has 0 unspecified atom stereocenters. The summed E-state index contributed by atoms with van der Waals surface area (Å²) in [6, 6.07) is 25.7. The number of nitrogens with zero attached hydrogens (tertiary/aromatic N) is 3. The van der Waals surface area contributed by atoms with Gasteiger partial charge in [0.1, 0.15) is 11.3 Å². The molecule has 33 heavy (non-hydrogen) atoms. The zero-order valence-electron chi connectivity index (χ0n) is 18.0. The van der Waals surface area contributed by atoms with E-state index in [9.17, 15) is 14.9 Å². The van der Waals surface area contributed by atoms with Crippen LogP contribution in [0.15, 0.2) is 78.9 Å². The second kappa shape index (κ2) is 9.20. The molecular weight excluding hydrogens is 418 g/mol. The number of methoxy groups -OCH3 is 2. The lowest BCUT2D eigenvalue weighted by molar-refractivity contribution is 0.0549. The van der Waals surface area contributed by atoms with E-state index in [1.54, 1.807) is 48.5 Å². The fourth-order valence-corrected chi connectivity index (χ4v) is 3.57. The summed E-state index contributed by atoms with van der Waals surface area (Å²) in [6.07, 6.45) is 0. The fraction of sp³-hybridized carbons (Fsp3) is 0.0769. The smallest absolute Gasteiger partial charge is 0.357 e. The van der Waals surface area contributed by atoms with Gasteiger partial charge in [-0.15, -0.1) is 0 Å². The van der Waals surface area contributed by atoms with Crippen LogP contribution < -0.4 is 0 Å². The number of benzene rings is 3. The first kappa shape index (κ1) is 21.5. The molecule has 0 spiro atoms. The molecular formula is C26H19N3O4. The number of rotatable bonds is 5. The third-order valence-corrected chi connectivity index (χ3v) is 5.12. The van der Waals surface area contributed by atoms with Gasteiger partial charge in [0, 0.05) is 5.56 Å². The number of ether oxygens (including phenoxy) is 2. The third kappa shape index (κ3) is 4.10. The van der Waals surface area contributed by atoms with Crippen LogP contribution in [0.4, 0.5) is 0 Å². The molecule has 1 heterocycles. The molecule has 4 rings (SSSR count). The van der Waals surface area contributed by atoms with E-state index >= 15 is 0 Å². The van der Waals surface area contributed by atoms with Crippen molar-refractivity contribution in [2.45, 2.75) is 0 Å². The quantitative estimate of drug-likeness (QED) is 0.422. The van der Waals surface area contributed by atoms with Crippen LogP contribution in [0.5, 0.6) is 0 Å². The molecule has 0 aliphatic carbocycles. The summed E-state index contributed by atoms with van der Waals surface area (Å²) in [6.45, 7) is 0. The highest BCUT2D eigenvalue weighted by molar-refractivity contribution is 6.07. The minimum absolute atomic E-state index is 0.0103. The first-order valence-corrected chi connectivity index (χ1v) is 10.0. The minimum Gasteiger partial charge on any atom is -0.465 e. The minimum atomic E-state index is -0.712. The van der Waals surface area contributed by atoms with E-state index in [-0.39, 0.29) is 17.0 Å². The van der Waals surface area contributed by atoms with Gasteiger partial charge in [-0.2, -0.15) is 10.4 Å². The Morgan fingerprint density at radius 1 is 0.818 bits per heavy atom. The molecule has 0 aliphatic rings. The van der Waals surface area contributed by atoms with Crippen LogP contribution in [-0.2, 0) is 9.47 Å². The van der Waals surface area contributed by atoms with Crippen LogP contribution >= 0.6 is 0 Å². The van der Waals surface area contributed by atoms with Crippen LogP contribution in [0.1, 0.15) is 26.4 Å². The van der Waals surface area contributed by atoms with E-state index in [1.807, 2.05) is 30.3 Å². The number of carbonyl (C=O) groups is 2. The molecule has 0 amide bonds. The van der Waals surface area contributed by atoms with Gasteiger partial charge in [-0.25, -0.2) is 14.3 Å². The van der Waals surface area contributed by atoms with Gasteiger partial charge in [0.15, 0.2) is 5.69 Å². The van der Waals surface area contributed by atoms with E-state index in [1.165, 1.54) is 18.9 Å². The van der Waals surface area contributed by atoms with Gasteiger partial charge < -0.3 is 9.47 Å². The molecule has 3 aromatic carbocycles. The summed E-state index contributed by atoms with van der Waals surface area (Å²) in [5.74, 6) is -1.42. The Labute approximate surface area is 190 Å². The first-order valence-electron chi connectivity index (χ1n) is 10.0. The molecule has 7 heteroatoms. The van der Waals surface area contributed by atoms with Gasteiger partial charge >= 0.3 is 11.9 Å². The SMILES string of the molecule is COC(=O)c1c(-c2cccc(-c3cccc(C#N)c3)c2)nn(-c2ccccc2)c1C(=O)OC. The van der Waals surface area contributed by atoms with E-state index in [2.05, 4.69) is 11.2 Å². The Balaban J connectivity index is 1.96. The molecule has 0 bridgehead atoms.